The minimum atomic E-state index is -0.527. The highest BCUT2D eigenvalue weighted by Gasteiger charge is 2.14. The summed E-state index contributed by atoms with van der Waals surface area (Å²) in [6.07, 6.45) is 0. The lowest BCUT2D eigenvalue weighted by atomic mass is 10.1. The fourth-order valence-corrected chi connectivity index (χ4v) is 1.76. The zero-order chi connectivity index (χ0) is 14.7. The topological polar surface area (TPSA) is 78.8 Å². The molecule has 20 heavy (non-hydrogen) atoms. The number of nitrogens with one attached hydrogen (secondary N) is 1. The first-order chi connectivity index (χ1) is 9.51. The monoisotopic (exact) mass is 273 g/mol. The average molecular weight is 273 g/mol. The molecule has 0 aliphatic carbocycles. The van der Waals surface area contributed by atoms with Crippen molar-refractivity contribution < 1.29 is 19.7 Å². The van der Waals surface area contributed by atoms with Gasteiger partial charge in [-0.2, -0.15) is 0 Å². The Morgan fingerprint density at radius 2 is 1.85 bits per heavy atom. The summed E-state index contributed by atoms with van der Waals surface area (Å²) in [4.78, 5) is 12.1. The van der Waals surface area contributed by atoms with Crippen LogP contribution in [0.5, 0.6) is 17.2 Å². The molecular formula is C15H15NO4. The number of methoxy groups -OCH3 is 1. The summed E-state index contributed by atoms with van der Waals surface area (Å²) in [7, 11) is 1.47. The van der Waals surface area contributed by atoms with E-state index < -0.39 is 5.91 Å². The van der Waals surface area contributed by atoms with Crippen molar-refractivity contribution in [3.05, 3.63) is 47.5 Å². The van der Waals surface area contributed by atoms with Crippen molar-refractivity contribution in [1.29, 1.82) is 0 Å². The summed E-state index contributed by atoms with van der Waals surface area (Å²) in [5.74, 6) is -0.253. The van der Waals surface area contributed by atoms with Gasteiger partial charge >= 0.3 is 0 Å². The van der Waals surface area contributed by atoms with Gasteiger partial charge in [0.15, 0.2) is 0 Å². The Balaban J connectivity index is 2.28. The van der Waals surface area contributed by atoms with Gasteiger partial charge < -0.3 is 20.3 Å². The maximum atomic E-state index is 12.1. The molecule has 5 nitrogen and oxygen atoms in total. The first-order valence-electron chi connectivity index (χ1n) is 5.99. The van der Waals surface area contributed by atoms with Crippen molar-refractivity contribution in [2.24, 2.45) is 0 Å². The molecule has 0 bridgehead atoms. The summed E-state index contributed by atoms with van der Waals surface area (Å²) in [5.41, 5.74) is 1.23. The number of aryl methyl sites for hydroxylation is 1. The van der Waals surface area contributed by atoms with Gasteiger partial charge in [-0.1, -0.05) is 6.07 Å². The van der Waals surface area contributed by atoms with Crippen molar-refractivity contribution in [2.75, 3.05) is 12.4 Å². The van der Waals surface area contributed by atoms with Crippen molar-refractivity contribution in [2.45, 2.75) is 6.92 Å². The number of carbonyl (C=O) groups excluding carboxylic acids is 1. The Labute approximate surface area is 116 Å². The molecule has 1 amide bonds. The second-order valence-electron chi connectivity index (χ2n) is 4.36. The molecule has 0 unspecified atom stereocenters. The van der Waals surface area contributed by atoms with E-state index in [0.29, 0.717) is 5.75 Å². The Kier molecular flexibility index (Phi) is 3.79. The van der Waals surface area contributed by atoms with Gasteiger partial charge in [0.2, 0.25) is 0 Å². The standard InChI is InChI=1S/C15H15NO4/c1-9-3-5-12(14(18)7-9)16-15(19)11-8-10(20-2)4-6-13(11)17/h3-8,17-18H,1-2H3,(H,16,19). The predicted octanol–water partition coefficient (Wildman–Crippen LogP) is 2.67. The predicted molar refractivity (Wildman–Crippen MR) is 75.5 cm³/mol. The number of hydrogen-bond acceptors (Lipinski definition) is 4. The number of phenols is 2. The minimum Gasteiger partial charge on any atom is -0.507 e. The van der Waals surface area contributed by atoms with E-state index in [4.69, 9.17) is 4.74 Å². The van der Waals surface area contributed by atoms with Gasteiger partial charge in [-0.25, -0.2) is 0 Å². The van der Waals surface area contributed by atoms with E-state index in [1.54, 1.807) is 24.3 Å². The Bertz CT molecular complexity index is 652. The molecule has 0 aliphatic rings. The zero-order valence-corrected chi connectivity index (χ0v) is 11.2. The molecule has 104 valence electrons. The van der Waals surface area contributed by atoms with Crippen LogP contribution >= 0.6 is 0 Å². The molecule has 3 N–H and O–H groups in total. The zero-order valence-electron chi connectivity index (χ0n) is 11.2. The molecule has 2 aromatic carbocycles. The lowest BCUT2D eigenvalue weighted by molar-refractivity contribution is 0.102. The minimum absolute atomic E-state index is 0.0271. The largest absolute Gasteiger partial charge is 0.507 e. The number of benzene rings is 2. The van der Waals surface area contributed by atoms with Crippen LogP contribution in [0.2, 0.25) is 0 Å². The maximum Gasteiger partial charge on any atom is 0.259 e. The number of carbonyl (C=O) groups is 1. The first kappa shape index (κ1) is 13.7. The lowest BCUT2D eigenvalue weighted by Crippen LogP contribution is -2.12. The molecule has 0 atom stereocenters. The Hall–Kier alpha value is -2.69. The second-order valence-corrected chi connectivity index (χ2v) is 4.36. The molecule has 0 saturated heterocycles. The van der Waals surface area contributed by atoms with Crippen molar-refractivity contribution >= 4 is 11.6 Å². The van der Waals surface area contributed by atoms with Crippen LogP contribution in [0.15, 0.2) is 36.4 Å². The number of phenolic OH excluding ortho intramolecular Hbond substituents is 2. The van der Waals surface area contributed by atoms with Crippen LogP contribution in [0.3, 0.4) is 0 Å². The fourth-order valence-electron chi connectivity index (χ4n) is 1.76. The van der Waals surface area contributed by atoms with Crippen LogP contribution in [0.25, 0.3) is 0 Å². The van der Waals surface area contributed by atoms with Crippen LogP contribution in [0, 0.1) is 6.92 Å². The highest BCUT2D eigenvalue weighted by Crippen LogP contribution is 2.27. The third-order valence-electron chi connectivity index (χ3n) is 2.85. The molecular weight excluding hydrogens is 258 g/mol. The molecule has 0 aromatic heterocycles. The van der Waals surface area contributed by atoms with Crippen molar-refractivity contribution in [3.63, 3.8) is 0 Å². The third kappa shape index (κ3) is 2.83. The van der Waals surface area contributed by atoms with E-state index in [9.17, 15) is 15.0 Å². The van der Waals surface area contributed by atoms with Crippen LogP contribution < -0.4 is 10.1 Å². The number of anilines is 1. The molecule has 2 rings (SSSR count). The number of amides is 1. The van der Waals surface area contributed by atoms with Crippen molar-refractivity contribution in [1.82, 2.24) is 0 Å². The summed E-state index contributed by atoms with van der Waals surface area (Å²) >= 11 is 0. The molecule has 0 saturated carbocycles. The van der Waals surface area contributed by atoms with Gasteiger partial charge in [-0.15, -0.1) is 0 Å². The van der Waals surface area contributed by atoms with E-state index >= 15 is 0 Å². The lowest BCUT2D eigenvalue weighted by Gasteiger charge is -2.10. The quantitative estimate of drug-likeness (QED) is 0.751. The molecule has 0 aliphatic heterocycles. The van der Waals surface area contributed by atoms with E-state index in [0.717, 1.165) is 5.56 Å². The summed E-state index contributed by atoms with van der Waals surface area (Å²) in [6, 6.07) is 9.26. The first-order valence-corrected chi connectivity index (χ1v) is 5.99. The van der Waals surface area contributed by atoms with Crippen molar-refractivity contribution in [3.8, 4) is 17.2 Å². The van der Waals surface area contributed by atoms with Crippen LogP contribution in [0.4, 0.5) is 5.69 Å². The number of hydrogen-bond donors (Lipinski definition) is 3. The van der Waals surface area contributed by atoms with Crippen LogP contribution in [0.1, 0.15) is 15.9 Å². The van der Waals surface area contributed by atoms with Gasteiger partial charge in [0.25, 0.3) is 5.91 Å². The summed E-state index contributed by atoms with van der Waals surface area (Å²) in [6.45, 7) is 1.83. The van der Waals surface area contributed by atoms with Gasteiger partial charge in [-0.05, 0) is 42.8 Å². The molecule has 0 heterocycles. The normalized spacial score (nSPS) is 10.1. The van der Waals surface area contributed by atoms with Gasteiger partial charge in [0.1, 0.15) is 17.2 Å². The van der Waals surface area contributed by atoms with Gasteiger partial charge in [0.05, 0.1) is 18.4 Å². The number of rotatable bonds is 3. The highest BCUT2D eigenvalue weighted by atomic mass is 16.5. The highest BCUT2D eigenvalue weighted by molar-refractivity contribution is 6.07. The molecule has 0 fully saturated rings. The number of ether oxygens (including phenoxy) is 1. The van der Waals surface area contributed by atoms with E-state index in [1.807, 2.05) is 6.92 Å². The molecule has 0 spiro atoms. The average Bonchev–Trinajstić information content (AvgIpc) is 2.42. The van der Waals surface area contributed by atoms with E-state index in [-0.39, 0.29) is 22.7 Å². The Morgan fingerprint density at radius 1 is 1.10 bits per heavy atom. The van der Waals surface area contributed by atoms with Crippen LogP contribution in [-0.4, -0.2) is 23.2 Å². The van der Waals surface area contributed by atoms with Gasteiger partial charge in [0, 0.05) is 0 Å². The van der Waals surface area contributed by atoms with E-state index in [1.165, 1.54) is 19.2 Å². The van der Waals surface area contributed by atoms with E-state index in [2.05, 4.69) is 5.32 Å². The summed E-state index contributed by atoms with van der Waals surface area (Å²) < 4.78 is 5.01. The maximum absolute atomic E-state index is 12.1. The SMILES string of the molecule is COc1ccc(O)c(C(=O)Nc2ccc(C)cc2O)c1. The third-order valence-corrected chi connectivity index (χ3v) is 2.85. The van der Waals surface area contributed by atoms with Crippen LogP contribution in [-0.2, 0) is 0 Å². The number of aromatic hydroxyl groups is 2. The second kappa shape index (κ2) is 5.52. The molecule has 0 radical (unpaired) electrons. The van der Waals surface area contributed by atoms with Gasteiger partial charge in [-0.3, -0.25) is 4.79 Å². The summed E-state index contributed by atoms with van der Waals surface area (Å²) in [5, 5.41) is 22.0. The molecule has 2 aromatic rings. The smallest absolute Gasteiger partial charge is 0.259 e. The fraction of sp³-hybridized carbons (Fsp3) is 0.133. The molecule has 5 heteroatoms. The Morgan fingerprint density at radius 3 is 2.50 bits per heavy atom.